The molecule has 2 aromatic carbocycles. The highest BCUT2D eigenvalue weighted by Gasteiger charge is 2.12. The van der Waals surface area contributed by atoms with Gasteiger partial charge in [-0.05, 0) is 29.8 Å². The van der Waals surface area contributed by atoms with Crippen LogP contribution in [0.5, 0.6) is 5.75 Å². The Kier molecular flexibility index (Phi) is 5.96. The van der Waals surface area contributed by atoms with Crippen molar-refractivity contribution in [2.75, 3.05) is 19.0 Å². The van der Waals surface area contributed by atoms with E-state index >= 15 is 0 Å². The van der Waals surface area contributed by atoms with Gasteiger partial charge in [-0.1, -0.05) is 24.3 Å². The van der Waals surface area contributed by atoms with Gasteiger partial charge in [-0.15, -0.1) is 0 Å². The van der Waals surface area contributed by atoms with Crippen LogP contribution in [0, 0.1) is 0 Å². The van der Waals surface area contributed by atoms with Crippen LogP contribution in [0.2, 0.25) is 0 Å². The van der Waals surface area contributed by atoms with E-state index in [2.05, 4.69) is 10.6 Å². The number of carbonyl (C=O) groups excluding carboxylic acids is 1. The van der Waals surface area contributed by atoms with Gasteiger partial charge in [0.05, 0.1) is 5.56 Å². The molecule has 1 amide bonds. The van der Waals surface area contributed by atoms with Crippen LogP contribution in [0.25, 0.3) is 0 Å². The summed E-state index contributed by atoms with van der Waals surface area (Å²) in [5, 5.41) is 15.5. The minimum Gasteiger partial charge on any atom is -0.489 e. The van der Waals surface area contributed by atoms with Gasteiger partial charge < -0.3 is 26.2 Å². The molecule has 0 aliphatic carbocycles. The lowest BCUT2D eigenvalue weighted by molar-refractivity contribution is 0.0963. The summed E-state index contributed by atoms with van der Waals surface area (Å²) in [5.74, 6) is 0.418. The first-order valence-corrected chi connectivity index (χ1v) is 7.31. The Morgan fingerprint density at radius 3 is 2.57 bits per heavy atom. The van der Waals surface area contributed by atoms with Gasteiger partial charge in [-0.25, -0.2) is 0 Å². The van der Waals surface area contributed by atoms with Crippen molar-refractivity contribution in [1.82, 2.24) is 5.32 Å². The molecule has 1 atom stereocenters. The Bertz CT molecular complexity index is 644. The van der Waals surface area contributed by atoms with Crippen LogP contribution in [0.1, 0.15) is 15.9 Å². The molecule has 2 aromatic rings. The van der Waals surface area contributed by atoms with Gasteiger partial charge in [0.1, 0.15) is 12.4 Å². The largest absolute Gasteiger partial charge is 0.489 e. The molecule has 0 bridgehead atoms. The Morgan fingerprint density at radius 2 is 1.91 bits per heavy atom. The summed E-state index contributed by atoms with van der Waals surface area (Å²) < 4.78 is 5.51. The molecule has 2 rings (SSSR count). The maximum absolute atomic E-state index is 11.8. The predicted molar refractivity (Wildman–Crippen MR) is 89.3 cm³/mol. The molecule has 0 saturated carbocycles. The molecule has 122 valence electrons. The van der Waals surface area contributed by atoms with E-state index < -0.39 is 6.23 Å². The van der Waals surface area contributed by atoms with E-state index in [0.717, 1.165) is 5.56 Å². The van der Waals surface area contributed by atoms with Gasteiger partial charge >= 0.3 is 0 Å². The molecule has 6 heteroatoms. The molecular weight excluding hydrogens is 294 g/mol. The van der Waals surface area contributed by atoms with Crippen LogP contribution >= 0.6 is 0 Å². The van der Waals surface area contributed by atoms with Crippen molar-refractivity contribution in [2.24, 2.45) is 5.73 Å². The van der Waals surface area contributed by atoms with Crippen LogP contribution in [0.4, 0.5) is 5.69 Å². The number of rotatable bonds is 7. The Balaban J connectivity index is 1.94. The van der Waals surface area contributed by atoms with Gasteiger partial charge in [-0.3, -0.25) is 4.79 Å². The summed E-state index contributed by atoms with van der Waals surface area (Å²) in [6, 6.07) is 14.3. The monoisotopic (exact) mass is 315 g/mol. The molecule has 1 unspecified atom stereocenters. The zero-order chi connectivity index (χ0) is 16.7. The average molecular weight is 315 g/mol. The number of nitrogens with two attached hydrogens (primary N) is 1. The van der Waals surface area contributed by atoms with Crippen molar-refractivity contribution in [3.05, 3.63) is 59.7 Å². The van der Waals surface area contributed by atoms with Crippen LogP contribution in [0.3, 0.4) is 0 Å². The molecule has 0 spiro atoms. The molecule has 5 N–H and O–H groups in total. The molecule has 23 heavy (non-hydrogen) atoms. The number of benzene rings is 2. The van der Waals surface area contributed by atoms with Crippen molar-refractivity contribution in [2.45, 2.75) is 12.8 Å². The number of hydrogen-bond acceptors (Lipinski definition) is 5. The van der Waals surface area contributed by atoms with E-state index in [-0.39, 0.29) is 12.5 Å². The van der Waals surface area contributed by atoms with Crippen LogP contribution in [0.15, 0.2) is 48.5 Å². The summed E-state index contributed by atoms with van der Waals surface area (Å²) in [7, 11) is 1.56. The summed E-state index contributed by atoms with van der Waals surface area (Å²) in [6.07, 6.45) is -0.949. The first-order chi connectivity index (χ1) is 11.1. The third kappa shape index (κ3) is 4.70. The molecule has 0 aliphatic rings. The van der Waals surface area contributed by atoms with E-state index in [1.54, 1.807) is 43.4 Å². The Hall–Kier alpha value is -2.57. The highest BCUT2D eigenvalue weighted by atomic mass is 16.5. The lowest BCUT2D eigenvalue weighted by atomic mass is 10.1. The maximum atomic E-state index is 11.8. The van der Waals surface area contributed by atoms with Crippen molar-refractivity contribution in [3.63, 3.8) is 0 Å². The number of hydrogen-bond donors (Lipinski definition) is 4. The third-order valence-corrected chi connectivity index (χ3v) is 3.29. The Labute approximate surface area is 135 Å². The van der Waals surface area contributed by atoms with Gasteiger partial charge in [0.2, 0.25) is 0 Å². The van der Waals surface area contributed by atoms with Crippen molar-refractivity contribution in [1.29, 1.82) is 0 Å². The zero-order valence-corrected chi connectivity index (χ0v) is 13.0. The maximum Gasteiger partial charge on any atom is 0.253 e. The summed E-state index contributed by atoms with van der Waals surface area (Å²) in [4.78, 5) is 11.8. The topological polar surface area (TPSA) is 96.6 Å². The SMILES string of the molecule is CNC(=O)c1ccccc1NC(O)COc1ccc(CN)cc1. The normalized spacial score (nSPS) is 11.6. The highest BCUT2D eigenvalue weighted by molar-refractivity contribution is 5.99. The molecule has 0 heterocycles. The quantitative estimate of drug-likeness (QED) is 0.578. The standard InChI is InChI=1S/C17H21N3O3/c1-19-17(22)14-4-2-3-5-15(14)20-16(21)11-23-13-8-6-12(10-18)7-9-13/h2-9,16,20-21H,10-11,18H2,1H3,(H,19,22). The minimum atomic E-state index is -0.949. The van der Waals surface area contributed by atoms with Gasteiger partial charge in [0, 0.05) is 19.3 Å². The molecule has 0 saturated heterocycles. The summed E-state index contributed by atoms with van der Waals surface area (Å²) in [5.41, 5.74) is 7.55. The third-order valence-electron chi connectivity index (χ3n) is 3.29. The van der Waals surface area contributed by atoms with Crippen molar-refractivity contribution >= 4 is 11.6 Å². The first kappa shape index (κ1) is 16.8. The van der Waals surface area contributed by atoms with E-state index in [1.807, 2.05) is 12.1 Å². The number of aliphatic hydroxyl groups excluding tert-OH is 1. The van der Waals surface area contributed by atoms with Crippen LogP contribution < -0.4 is 21.1 Å². The molecule has 0 aliphatic heterocycles. The fourth-order valence-corrected chi connectivity index (χ4v) is 2.06. The second kappa shape index (κ2) is 8.17. The highest BCUT2D eigenvalue weighted by Crippen LogP contribution is 2.16. The van der Waals surface area contributed by atoms with Crippen LogP contribution in [-0.2, 0) is 6.54 Å². The predicted octanol–water partition coefficient (Wildman–Crippen LogP) is 1.31. The lowest BCUT2D eigenvalue weighted by Crippen LogP contribution is -2.28. The number of aliphatic hydroxyl groups is 1. The summed E-state index contributed by atoms with van der Waals surface area (Å²) in [6.45, 7) is 0.519. The van der Waals surface area contributed by atoms with Gasteiger partial charge in [-0.2, -0.15) is 0 Å². The number of anilines is 1. The van der Waals surface area contributed by atoms with Gasteiger partial charge in [0.25, 0.3) is 5.91 Å². The molecule has 0 fully saturated rings. The number of carbonyl (C=O) groups is 1. The number of para-hydroxylation sites is 1. The first-order valence-electron chi connectivity index (χ1n) is 7.31. The number of ether oxygens (including phenoxy) is 1. The van der Waals surface area contributed by atoms with E-state index in [4.69, 9.17) is 10.5 Å². The number of nitrogens with one attached hydrogen (secondary N) is 2. The molecule has 6 nitrogen and oxygen atoms in total. The molecule has 0 radical (unpaired) electrons. The second-order valence-corrected chi connectivity index (χ2v) is 4.94. The smallest absolute Gasteiger partial charge is 0.253 e. The molecule has 0 aromatic heterocycles. The van der Waals surface area contributed by atoms with E-state index in [0.29, 0.717) is 23.5 Å². The fourth-order valence-electron chi connectivity index (χ4n) is 2.06. The summed E-state index contributed by atoms with van der Waals surface area (Å²) >= 11 is 0. The van der Waals surface area contributed by atoms with Crippen molar-refractivity contribution in [3.8, 4) is 5.75 Å². The average Bonchev–Trinajstić information content (AvgIpc) is 2.60. The zero-order valence-electron chi connectivity index (χ0n) is 13.0. The van der Waals surface area contributed by atoms with Gasteiger partial charge in [0.15, 0.2) is 6.23 Å². The Morgan fingerprint density at radius 1 is 1.22 bits per heavy atom. The second-order valence-electron chi connectivity index (χ2n) is 4.94. The van der Waals surface area contributed by atoms with Crippen molar-refractivity contribution < 1.29 is 14.6 Å². The lowest BCUT2D eigenvalue weighted by Gasteiger charge is -2.17. The molecular formula is C17H21N3O3. The van der Waals surface area contributed by atoms with Crippen LogP contribution in [-0.4, -0.2) is 30.9 Å². The fraction of sp³-hybridized carbons (Fsp3) is 0.235. The van der Waals surface area contributed by atoms with E-state index in [9.17, 15) is 9.90 Å². The number of amides is 1. The minimum absolute atomic E-state index is 0.0457. The van der Waals surface area contributed by atoms with E-state index in [1.165, 1.54) is 0 Å².